The molecule has 0 fully saturated rings. The molecule has 2 unspecified atom stereocenters. The molecule has 0 aliphatic carbocycles. The summed E-state index contributed by atoms with van der Waals surface area (Å²) in [6.45, 7) is 1.58. The van der Waals surface area contributed by atoms with Crippen LogP contribution in [0.15, 0.2) is 42.5 Å². The van der Waals surface area contributed by atoms with Gasteiger partial charge in [-0.2, -0.15) is 0 Å². The number of carbonyl (C=O) groups is 2. The normalized spacial score (nSPS) is 17.7. The van der Waals surface area contributed by atoms with E-state index in [-0.39, 0.29) is 11.6 Å². The molecule has 0 saturated carbocycles. The van der Waals surface area contributed by atoms with Gasteiger partial charge in [-0.3, -0.25) is 9.69 Å². The average Bonchev–Trinajstić information content (AvgIpc) is 2.60. The highest BCUT2D eigenvalue weighted by Gasteiger charge is 2.41. The predicted octanol–water partition coefficient (Wildman–Crippen LogP) is 1.69. The molecule has 2 atom stereocenters. The molecule has 7 heteroatoms. The Morgan fingerprint density at radius 1 is 1.29 bits per heavy atom. The fraction of sp³-hybridized carbons (Fsp3) is 0.235. The van der Waals surface area contributed by atoms with Crippen LogP contribution in [-0.4, -0.2) is 30.0 Å². The van der Waals surface area contributed by atoms with E-state index in [0.717, 1.165) is 0 Å². The van der Waals surface area contributed by atoms with Gasteiger partial charge in [0.15, 0.2) is 11.6 Å². The first-order valence-electron chi connectivity index (χ1n) is 7.42. The second kappa shape index (κ2) is 6.19. The van der Waals surface area contributed by atoms with Crippen LogP contribution in [0.5, 0.6) is 5.75 Å². The number of nitrogens with two attached hydrogens (primary N) is 1. The second-order valence-electron chi connectivity index (χ2n) is 5.37. The number of aromatic nitrogens is 1. The molecule has 1 amide bonds. The van der Waals surface area contributed by atoms with Crippen molar-refractivity contribution >= 4 is 23.5 Å². The van der Waals surface area contributed by atoms with Crippen LogP contribution < -0.4 is 15.4 Å². The zero-order valence-corrected chi connectivity index (χ0v) is 13.3. The van der Waals surface area contributed by atoms with Gasteiger partial charge in [-0.05, 0) is 19.1 Å². The van der Waals surface area contributed by atoms with E-state index in [0.29, 0.717) is 11.3 Å². The number of carbonyl (C=O) groups excluding carboxylic acids is 2. The topological polar surface area (TPSA) is 94.8 Å². The number of amides is 1. The van der Waals surface area contributed by atoms with E-state index >= 15 is 0 Å². The maximum absolute atomic E-state index is 13.0. The number of fused-ring (bicyclic) bond motifs is 1. The molecule has 0 radical (unpaired) electrons. The third-order valence-electron chi connectivity index (χ3n) is 3.83. The number of hydrogen-bond acceptors (Lipinski definition) is 6. The lowest BCUT2D eigenvalue weighted by molar-refractivity contribution is -0.144. The fourth-order valence-electron chi connectivity index (χ4n) is 2.61. The monoisotopic (exact) mass is 327 g/mol. The number of methoxy groups -OCH3 is 1. The molecule has 1 aromatic heterocycles. The van der Waals surface area contributed by atoms with Crippen LogP contribution in [0, 0.1) is 0 Å². The van der Waals surface area contributed by atoms with Crippen molar-refractivity contribution in [3.05, 3.63) is 48.0 Å². The predicted molar refractivity (Wildman–Crippen MR) is 87.4 cm³/mol. The summed E-state index contributed by atoms with van der Waals surface area (Å²) in [6, 6.07) is 11.4. The highest BCUT2D eigenvalue weighted by atomic mass is 16.5. The molecule has 2 heterocycles. The number of rotatable bonds is 3. The molecule has 1 aliphatic rings. The van der Waals surface area contributed by atoms with Gasteiger partial charge in [-0.1, -0.05) is 30.3 Å². The zero-order chi connectivity index (χ0) is 17.3. The van der Waals surface area contributed by atoms with Crippen molar-refractivity contribution in [2.45, 2.75) is 19.1 Å². The Morgan fingerprint density at radius 3 is 2.67 bits per heavy atom. The maximum Gasteiger partial charge on any atom is 0.328 e. The molecular weight excluding hydrogens is 310 g/mol. The number of hydrogen-bond donors (Lipinski definition) is 1. The maximum atomic E-state index is 13.0. The van der Waals surface area contributed by atoms with Crippen molar-refractivity contribution in [1.29, 1.82) is 0 Å². The minimum atomic E-state index is -0.865. The van der Waals surface area contributed by atoms with Crippen molar-refractivity contribution in [3.63, 3.8) is 0 Å². The van der Waals surface area contributed by atoms with Crippen molar-refractivity contribution in [2.24, 2.45) is 0 Å². The molecule has 3 rings (SSSR count). The standard InChI is InChI=1S/C17H17N3O4/c1-10(17(22)23-2)20-15-12(8-9-13(18)19-15)24-14(16(20)21)11-6-4-3-5-7-11/h3-10,14H,1-2H3,(H2,18,19). The first kappa shape index (κ1) is 15.8. The Hall–Kier alpha value is -3.09. The molecule has 0 saturated heterocycles. The van der Waals surface area contributed by atoms with Gasteiger partial charge in [0.25, 0.3) is 5.91 Å². The number of esters is 1. The van der Waals surface area contributed by atoms with Gasteiger partial charge in [0.1, 0.15) is 11.9 Å². The number of pyridine rings is 1. The molecule has 0 spiro atoms. The molecular formula is C17H17N3O4. The molecule has 24 heavy (non-hydrogen) atoms. The number of benzene rings is 1. The van der Waals surface area contributed by atoms with Gasteiger partial charge in [-0.25, -0.2) is 9.78 Å². The lowest BCUT2D eigenvalue weighted by atomic mass is 10.1. The summed E-state index contributed by atoms with van der Waals surface area (Å²) in [7, 11) is 1.27. The van der Waals surface area contributed by atoms with E-state index in [1.165, 1.54) is 12.0 Å². The van der Waals surface area contributed by atoms with Crippen molar-refractivity contribution in [3.8, 4) is 5.75 Å². The first-order valence-corrected chi connectivity index (χ1v) is 7.42. The van der Waals surface area contributed by atoms with Gasteiger partial charge >= 0.3 is 5.97 Å². The summed E-state index contributed by atoms with van der Waals surface area (Å²) >= 11 is 0. The highest BCUT2D eigenvalue weighted by molar-refractivity contribution is 6.04. The van der Waals surface area contributed by atoms with Crippen molar-refractivity contribution < 1.29 is 19.1 Å². The minimum absolute atomic E-state index is 0.213. The van der Waals surface area contributed by atoms with Gasteiger partial charge in [0, 0.05) is 5.56 Å². The Kier molecular flexibility index (Phi) is 4.07. The SMILES string of the molecule is COC(=O)C(C)N1C(=O)C(c2ccccc2)Oc2ccc(N)nc21. The van der Waals surface area contributed by atoms with Crippen molar-refractivity contribution in [1.82, 2.24) is 4.98 Å². The number of nitrogens with zero attached hydrogens (tertiary/aromatic N) is 2. The summed E-state index contributed by atoms with van der Waals surface area (Å²) in [5.41, 5.74) is 6.41. The third kappa shape index (κ3) is 2.64. The van der Waals surface area contributed by atoms with Gasteiger partial charge in [0.2, 0.25) is 6.10 Å². The Morgan fingerprint density at radius 2 is 2.00 bits per heavy atom. The van der Waals surface area contributed by atoms with Gasteiger partial charge in [-0.15, -0.1) is 0 Å². The second-order valence-corrected chi connectivity index (χ2v) is 5.37. The number of nitrogen functional groups attached to an aromatic ring is 1. The lowest BCUT2D eigenvalue weighted by Gasteiger charge is -2.36. The summed E-state index contributed by atoms with van der Waals surface area (Å²) in [5, 5.41) is 0. The van der Waals surface area contributed by atoms with E-state index < -0.39 is 24.0 Å². The van der Waals surface area contributed by atoms with E-state index in [2.05, 4.69) is 4.98 Å². The molecule has 7 nitrogen and oxygen atoms in total. The van der Waals surface area contributed by atoms with Gasteiger partial charge in [0.05, 0.1) is 7.11 Å². The van der Waals surface area contributed by atoms with Crippen LogP contribution in [0.1, 0.15) is 18.6 Å². The van der Waals surface area contributed by atoms with Crippen LogP contribution in [0.3, 0.4) is 0 Å². The van der Waals surface area contributed by atoms with Crippen LogP contribution in [0.2, 0.25) is 0 Å². The zero-order valence-electron chi connectivity index (χ0n) is 13.3. The lowest BCUT2D eigenvalue weighted by Crippen LogP contribution is -2.50. The number of anilines is 2. The smallest absolute Gasteiger partial charge is 0.328 e. The van der Waals surface area contributed by atoms with Gasteiger partial charge < -0.3 is 15.2 Å². The first-order chi connectivity index (χ1) is 11.5. The van der Waals surface area contributed by atoms with Crippen molar-refractivity contribution in [2.75, 3.05) is 17.7 Å². The summed E-state index contributed by atoms with van der Waals surface area (Å²) in [6.07, 6.45) is -0.865. The van der Waals surface area contributed by atoms with Crippen LogP contribution in [0.4, 0.5) is 11.6 Å². The highest BCUT2D eigenvalue weighted by Crippen LogP contribution is 2.39. The molecule has 1 aliphatic heterocycles. The summed E-state index contributed by atoms with van der Waals surface area (Å²) < 4.78 is 10.6. The summed E-state index contributed by atoms with van der Waals surface area (Å²) in [4.78, 5) is 30.4. The molecule has 2 N–H and O–H groups in total. The quantitative estimate of drug-likeness (QED) is 0.862. The van der Waals surface area contributed by atoms with Crippen LogP contribution >= 0.6 is 0 Å². The van der Waals surface area contributed by atoms with E-state index in [1.54, 1.807) is 31.2 Å². The third-order valence-corrected chi connectivity index (χ3v) is 3.83. The summed E-state index contributed by atoms with van der Waals surface area (Å²) in [5.74, 6) is -0.124. The van der Waals surface area contributed by atoms with E-state index in [4.69, 9.17) is 15.2 Å². The molecule has 124 valence electrons. The average molecular weight is 327 g/mol. The Balaban J connectivity index is 2.09. The fourth-order valence-corrected chi connectivity index (χ4v) is 2.61. The Bertz CT molecular complexity index is 779. The molecule has 2 aromatic rings. The Labute approximate surface area is 139 Å². The molecule has 0 bridgehead atoms. The van der Waals surface area contributed by atoms with Crippen LogP contribution in [-0.2, 0) is 14.3 Å². The van der Waals surface area contributed by atoms with E-state index in [9.17, 15) is 9.59 Å². The van der Waals surface area contributed by atoms with E-state index in [1.807, 2.05) is 18.2 Å². The van der Waals surface area contributed by atoms with Crippen LogP contribution in [0.25, 0.3) is 0 Å². The largest absolute Gasteiger partial charge is 0.472 e. The minimum Gasteiger partial charge on any atom is -0.472 e. The molecule has 1 aromatic carbocycles. The number of ether oxygens (including phenoxy) is 2.